The number of hydrogen-bond donors (Lipinski definition) is 2. The summed E-state index contributed by atoms with van der Waals surface area (Å²) in [6.45, 7) is 0. The predicted molar refractivity (Wildman–Crippen MR) is 65.3 cm³/mol. The Labute approximate surface area is 100 Å². The predicted octanol–water partition coefficient (Wildman–Crippen LogP) is 1.77. The van der Waals surface area contributed by atoms with E-state index in [4.69, 9.17) is 5.14 Å². The van der Waals surface area contributed by atoms with Gasteiger partial charge in [-0.15, -0.1) is 11.3 Å². The lowest BCUT2D eigenvalue weighted by molar-refractivity contribution is 0.416. The molecule has 0 spiro atoms. The van der Waals surface area contributed by atoms with Gasteiger partial charge in [0.2, 0.25) is 0 Å². The van der Waals surface area contributed by atoms with E-state index in [1.165, 1.54) is 12.8 Å². The second-order valence-electron chi connectivity index (χ2n) is 4.20. The van der Waals surface area contributed by atoms with Crippen LogP contribution in [0.4, 0.5) is 0 Å². The lowest BCUT2D eigenvalue weighted by Crippen LogP contribution is -2.36. The molecule has 1 saturated carbocycles. The quantitative estimate of drug-likeness (QED) is 0.866. The molecule has 16 heavy (non-hydrogen) atoms. The molecule has 1 unspecified atom stereocenters. The standard InChI is InChI=1S/C10H16N2O2S2/c11-16(13,14)12-10(8-4-1-2-5-8)9-6-3-7-15-9/h3,6-8,10,12H,1-2,4-5H2,(H2,11,13,14). The maximum atomic E-state index is 11.2. The summed E-state index contributed by atoms with van der Waals surface area (Å²) < 4.78 is 24.9. The number of hydrogen-bond acceptors (Lipinski definition) is 3. The molecule has 6 heteroatoms. The minimum Gasteiger partial charge on any atom is -0.216 e. The van der Waals surface area contributed by atoms with Crippen molar-refractivity contribution in [3.05, 3.63) is 22.4 Å². The maximum Gasteiger partial charge on any atom is 0.274 e. The lowest BCUT2D eigenvalue weighted by atomic mass is 9.98. The fraction of sp³-hybridized carbons (Fsp3) is 0.600. The number of thiophene rings is 1. The van der Waals surface area contributed by atoms with Crippen molar-refractivity contribution in [3.8, 4) is 0 Å². The zero-order chi connectivity index (χ0) is 11.6. The molecule has 4 nitrogen and oxygen atoms in total. The summed E-state index contributed by atoms with van der Waals surface area (Å²) in [6, 6.07) is 3.76. The van der Waals surface area contributed by atoms with Crippen molar-refractivity contribution in [2.45, 2.75) is 31.7 Å². The van der Waals surface area contributed by atoms with Gasteiger partial charge in [0.15, 0.2) is 0 Å². The zero-order valence-corrected chi connectivity index (χ0v) is 10.6. The highest BCUT2D eigenvalue weighted by Gasteiger charge is 2.29. The molecule has 3 N–H and O–H groups in total. The van der Waals surface area contributed by atoms with Crippen LogP contribution < -0.4 is 9.86 Å². The second kappa shape index (κ2) is 4.83. The Balaban J connectivity index is 2.19. The first-order chi connectivity index (χ1) is 7.56. The molecule has 2 rings (SSSR count). The third kappa shape index (κ3) is 3.04. The average Bonchev–Trinajstić information content (AvgIpc) is 2.86. The van der Waals surface area contributed by atoms with Gasteiger partial charge in [-0.1, -0.05) is 18.9 Å². The molecule has 1 aromatic heterocycles. The zero-order valence-electron chi connectivity index (χ0n) is 8.93. The normalized spacial score (nSPS) is 20.1. The summed E-state index contributed by atoms with van der Waals surface area (Å²) in [6.07, 6.45) is 4.51. The van der Waals surface area contributed by atoms with Crippen LogP contribution in [-0.4, -0.2) is 8.42 Å². The number of nitrogens with two attached hydrogens (primary N) is 1. The van der Waals surface area contributed by atoms with Crippen LogP contribution in [0.1, 0.15) is 36.6 Å². The van der Waals surface area contributed by atoms with Gasteiger partial charge < -0.3 is 0 Å². The molecule has 0 saturated heterocycles. The highest BCUT2D eigenvalue weighted by Crippen LogP contribution is 2.37. The van der Waals surface area contributed by atoms with Crippen LogP contribution >= 0.6 is 11.3 Å². The first-order valence-electron chi connectivity index (χ1n) is 5.40. The fourth-order valence-corrected chi connectivity index (χ4v) is 3.94. The molecule has 1 aliphatic carbocycles. The van der Waals surface area contributed by atoms with E-state index in [9.17, 15) is 8.42 Å². The van der Waals surface area contributed by atoms with Crippen LogP contribution in [-0.2, 0) is 10.2 Å². The molecule has 1 heterocycles. The van der Waals surface area contributed by atoms with Crippen molar-refractivity contribution in [3.63, 3.8) is 0 Å². The average molecular weight is 260 g/mol. The molecule has 90 valence electrons. The molecular formula is C10H16N2O2S2. The second-order valence-corrected chi connectivity index (χ2v) is 6.51. The maximum absolute atomic E-state index is 11.2. The van der Waals surface area contributed by atoms with Gasteiger partial charge in [0.25, 0.3) is 10.2 Å². The van der Waals surface area contributed by atoms with Gasteiger partial charge in [0, 0.05) is 4.88 Å². The number of nitrogens with one attached hydrogen (secondary N) is 1. The summed E-state index contributed by atoms with van der Waals surface area (Å²) in [5, 5.41) is 7.04. The smallest absolute Gasteiger partial charge is 0.216 e. The van der Waals surface area contributed by atoms with E-state index in [1.807, 2.05) is 17.5 Å². The largest absolute Gasteiger partial charge is 0.274 e. The topological polar surface area (TPSA) is 72.2 Å². The Morgan fingerprint density at radius 1 is 1.44 bits per heavy atom. The third-order valence-corrected chi connectivity index (χ3v) is 4.55. The molecule has 1 aliphatic rings. The van der Waals surface area contributed by atoms with E-state index in [-0.39, 0.29) is 6.04 Å². The lowest BCUT2D eigenvalue weighted by Gasteiger charge is -2.22. The summed E-state index contributed by atoms with van der Waals surface area (Å²) >= 11 is 1.58. The van der Waals surface area contributed by atoms with Gasteiger partial charge in [0.05, 0.1) is 6.04 Å². The van der Waals surface area contributed by atoms with E-state index in [1.54, 1.807) is 11.3 Å². The van der Waals surface area contributed by atoms with Crippen molar-refractivity contribution in [2.24, 2.45) is 11.1 Å². The van der Waals surface area contributed by atoms with Crippen molar-refractivity contribution in [2.75, 3.05) is 0 Å². The van der Waals surface area contributed by atoms with E-state index >= 15 is 0 Å². The molecule has 0 bridgehead atoms. The Morgan fingerprint density at radius 2 is 2.12 bits per heavy atom. The Bertz CT molecular complexity index is 422. The Kier molecular flexibility index (Phi) is 3.63. The molecule has 0 radical (unpaired) electrons. The summed E-state index contributed by atoms with van der Waals surface area (Å²) in [5.41, 5.74) is 0. The van der Waals surface area contributed by atoms with E-state index in [2.05, 4.69) is 4.72 Å². The summed E-state index contributed by atoms with van der Waals surface area (Å²) in [7, 11) is -3.63. The molecule has 0 amide bonds. The van der Waals surface area contributed by atoms with E-state index in [0.29, 0.717) is 5.92 Å². The Hall–Kier alpha value is -0.430. The van der Waals surface area contributed by atoms with Gasteiger partial charge in [0.1, 0.15) is 0 Å². The van der Waals surface area contributed by atoms with Crippen molar-refractivity contribution in [1.29, 1.82) is 0 Å². The summed E-state index contributed by atoms with van der Waals surface area (Å²) in [4.78, 5) is 1.06. The molecule has 1 aromatic rings. The highest BCUT2D eigenvalue weighted by atomic mass is 32.2. The summed E-state index contributed by atoms with van der Waals surface area (Å²) in [5.74, 6) is 0.386. The first-order valence-corrected chi connectivity index (χ1v) is 7.82. The van der Waals surface area contributed by atoms with Gasteiger partial charge >= 0.3 is 0 Å². The third-order valence-electron chi connectivity index (χ3n) is 3.01. The fourth-order valence-electron chi connectivity index (χ4n) is 2.32. The van der Waals surface area contributed by atoms with Crippen LogP contribution in [0.3, 0.4) is 0 Å². The van der Waals surface area contributed by atoms with Crippen LogP contribution in [0.2, 0.25) is 0 Å². The van der Waals surface area contributed by atoms with E-state index in [0.717, 1.165) is 17.7 Å². The Morgan fingerprint density at radius 3 is 2.62 bits per heavy atom. The van der Waals surface area contributed by atoms with Crippen LogP contribution in [0, 0.1) is 5.92 Å². The van der Waals surface area contributed by atoms with Crippen molar-refractivity contribution in [1.82, 2.24) is 4.72 Å². The van der Waals surface area contributed by atoms with Crippen molar-refractivity contribution < 1.29 is 8.42 Å². The number of rotatable bonds is 4. The minimum absolute atomic E-state index is 0.141. The molecule has 1 fully saturated rings. The van der Waals surface area contributed by atoms with Gasteiger partial charge in [-0.05, 0) is 30.2 Å². The van der Waals surface area contributed by atoms with Crippen molar-refractivity contribution >= 4 is 21.5 Å². The van der Waals surface area contributed by atoms with Crippen LogP contribution in [0.25, 0.3) is 0 Å². The van der Waals surface area contributed by atoms with E-state index < -0.39 is 10.2 Å². The minimum atomic E-state index is -3.63. The molecule has 0 aliphatic heterocycles. The highest BCUT2D eigenvalue weighted by molar-refractivity contribution is 7.87. The SMILES string of the molecule is NS(=O)(=O)NC(c1cccs1)C1CCCC1. The monoisotopic (exact) mass is 260 g/mol. The molecule has 0 aromatic carbocycles. The molecule has 1 atom stereocenters. The van der Waals surface area contributed by atoms with Gasteiger partial charge in [-0.3, -0.25) is 0 Å². The van der Waals surface area contributed by atoms with Gasteiger partial charge in [-0.2, -0.15) is 13.1 Å². The van der Waals surface area contributed by atoms with Crippen LogP contribution in [0.5, 0.6) is 0 Å². The van der Waals surface area contributed by atoms with Crippen LogP contribution in [0.15, 0.2) is 17.5 Å². The first kappa shape index (κ1) is 12.0. The van der Waals surface area contributed by atoms with Gasteiger partial charge in [-0.25, -0.2) is 5.14 Å². The molecular weight excluding hydrogens is 244 g/mol.